The van der Waals surface area contributed by atoms with Crippen molar-refractivity contribution in [3.8, 4) is 11.8 Å². The normalized spacial score (nSPS) is 10.5. The van der Waals surface area contributed by atoms with E-state index in [0.29, 0.717) is 17.4 Å². The number of carbonyl (C=O) groups excluding carboxylic acids is 1. The number of Topliss-reactive ketones (excluding diaryl/α,β-unsaturated/α-hetero) is 1. The van der Waals surface area contributed by atoms with Gasteiger partial charge in [0.1, 0.15) is 0 Å². The van der Waals surface area contributed by atoms with Crippen LogP contribution in [-0.4, -0.2) is 5.78 Å². The van der Waals surface area contributed by atoms with E-state index in [1.54, 1.807) is 0 Å². The van der Waals surface area contributed by atoms with Crippen LogP contribution in [0.3, 0.4) is 0 Å². The Balaban J connectivity index is 2.12. The maximum atomic E-state index is 12.1. The van der Waals surface area contributed by atoms with Gasteiger partial charge in [-0.15, -0.1) is 0 Å². The molecule has 0 aliphatic carbocycles. The van der Waals surface area contributed by atoms with Crippen LogP contribution in [0.5, 0.6) is 0 Å². The van der Waals surface area contributed by atoms with Gasteiger partial charge in [0.25, 0.3) is 0 Å². The van der Waals surface area contributed by atoms with E-state index in [1.807, 2.05) is 36.4 Å². The SMILES string of the molecule is CC(C)c1ccc(C#CC(=O)c2ccc(C(C)C)cc2)cc1. The van der Waals surface area contributed by atoms with Crippen molar-refractivity contribution in [1.29, 1.82) is 0 Å². The summed E-state index contributed by atoms with van der Waals surface area (Å²) < 4.78 is 0. The van der Waals surface area contributed by atoms with E-state index >= 15 is 0 Å². The van der Waals surface area contributed by atoms with Gasteiger partial charge in [-0.25, -0.2) is 0 Å². The zero-order chi connectivity index (χ0) is 16.1. The number of hydrogen-bond acceptors (Lipinski definition) is 1. The number of carbonyl (C=O) groups is 1. The molecule has 0 radical (unpaired) electrons. The third-order valence-electron chi connectivity index (χ3n) is 3.74. The molecule has 22 heavy (non-hydrogen) atoms. The molecule has 0 atom stereocenters. The Morgan fingerprint density at radius 3 is 1.68 bits per heavy atom. The molecule has 0 aliphatic heterocycles. The van der Waals surface area contributed by atoms with E-state index in [2.05, 4.69) is 51.7 Å². The first-order valence-corrected chi connectivity index (χ1v) is 7.73. The van der Waals surface area contributed by atoms with Crippen molar-refractivity contribution in [1.82, 2.24) is 0 Å². The number of rotatable bonds is 3. The highest BCUT2D eigenvalue weighted by Gasteiger charge is 2.04. The first-order valence-electron chi connectivity index (χ1n) is 7.73. The predicted octanol–water partition coefficient (Wildman–Crippen LogP) is 5.17. The van der Waals surface area contributed by atoms with E-state index in [-0.39, 0.29) is 5.78 Å². The van der Waals surface area contributed by atoms with Crippen LogP contribution in [0.2, 0.25) is 0 Å². The maximum Gasteiger partial charge on any atom is 0.236 e. The molecule has 1 nitrogen and oxygen atoms in total. The molecule has 0 saturated heterocycles. The van der Waals surface area contributed by atoms with Gasteiger partial charge in [0.05, 0.1) is 0 Å². The quantitative estimate of drug-likeness (QED) is 0.563. The molecule has 1 heteroatoms. The van der Waals surface area contributed by atoms with Crippen LogP contribution < -0.4 is 0 Å². The van der Waals surface area contributed by atoms with E-state index in [4.69, 9.17) is 0 Å². The van der Waals surface area contributed by atoms with Gasteiger partial charge in [-0.1, -0.05) is 70.0 Å². The zero-order valence-corrected chi connectivity index (χ0v) is 13.7. The van der Waals surface area contributed by atoms with Crippen LogP contribution in [0.25, 0.3) is 0 Å². The lowest BCUT2D eigenvalue weighted by molar-refractivity contribution is 0.105. The van der Waals surface area contributed by atoms with Crippen molar-refractivity contribution >= 4 is 5.78 Å². The smallest absolute Gasteiger partial charge is 0.236 e. The topological polar surface area (TPSA) is 17.1 Å². The van der Waals surface area contributed by atoms with Crippen molar-refractivity contribution in [2.24, 2.45) is 0 Å². The highest BCUT2D eigenvalue weighted by atomic mass is 16.1. The molecule has 0 aromatic heterocycles. The standard InChI is InChI=1S/C21H22O/c1-15(2)18-8-5-17(6-9-18)7-14-21(22)20-12-10-19(11-13-20)16(3)4/h5-6,8-13,15-16H,1-4H3. The van der Waals surface area contributed by atoms with Crippen molar-refractivity contribution in [3.05, 3.63) is 70.8 Å². The van der Waals surface area contributed by atoms with E-state index in [1.165, 1.54) is 11.1 Å². The largest absolute Gasteiger partial charge is 0.279 e. The van der Waals surface area contributed by atoms with Crippen molar-refractivity contribution in [3.63, 3.8) is 0 Å². The highest BCUT2D eigenvalue weighted by Crippen LogP contribution is 2.15. The van der Waals surface area contributed by atoms with Crippen molar-refractivity contribution in [2.75, 3.05) is 0 Å². The van der Waals surface area contributed by atoms with Gasteiger partial charge in [0.2, 0.25) is 5.78 Å². The molecule has 0 amide bonds. The van der Waals surface area contributed by atoms with Gasteiger partial charge in [0, 0.05) is 11.1 Å². The first-order chi connectivity index (χ1) is 10.5. The van der Waals surface area contributed by atoms with Gasteiger partial charge in [-0.2, -0.15) is 0 Å². The van der Waals surface area contributed by atoms with Gasteiger partial charge < -0.3 is 0 Å². The Kier molecular flexibility index (Phi) is 5.17. The summed E-state index contributed by atoms with van der Waals surface area (Å²) in [7, 11) is 0. The fourth-order valence-electron chi connectivity index (χ4n) is 2.17. The highest BCUT2D eigenvalue weighted by molar-refractivity contribution is 6.09. The van der Waals surface area contributed by atoms with Crippen LogP contribution in [0.4, 0.5) is 0 Å². The molecule has 0 fully saturated rings. The Morgan fingerprint density at radius 1 is 0.773 bits per heavy atom. The van der Waals surface area contributed by atoms with E-state index < -0.39 is 0 Å². The summed E-state index contributed by atoms with van der Waals surface area (Å²) in [5.74, 6) is 6.50. The van der Waals surface area contributed by atoms with Crippen LogP contribution in [0.15, 0.2) is 48.5 Å². The monoisotopic (exact) mass is 290 g/mol. The number of ketones is 1. The molecule has 2 rings (SSSR count). The molecule has 0 N–H and O–H groups in total. The number of benzene rings is 2. The molecule has 0 spiro atoms. The zero-order valence-electron chi connectivity index (χ0n) is 13.7. The molecule has 0 aliphatic rings. The van der Waals surface area contributed by atoms with Gasteiger partial charge in [0.15, 0.2) is 0 Å². The average Bonchev–Trinajstić information content (AvgIpc) is 2.53. The van der Waals surface area contributed by atoms with Crippen molar-refractivity contribution < 1.29 is 4.79 Å². The molecule has 0 unspecified atom stereocenters. The summed E-state index contributed by atoms with van der Waals surface area (Å²) in [6.45, 7) is 8.59. The Bertz CT molecular complexity index is 692. The Hall–Kier alpha value is -2.33. The molecule has 112 valence electrons. The summed E-state index contributed by atoms with van der Waals surface area (Å²) in [5, 5.41) is 0. The minimum atomic E-state index is -0.136. The van der Waals surface area contributed by atoms with Crippen molar-refractivity contribution in [2.45, 2.75) is 39.5 Å². The lowest BCUT2D eigenvalue weighted by atomic mass is 10.0. The number of hydrogen-bond donors (Lipinski definition) is 0. The maximum absolute atomic E-state index is 12.1. The second-order valence-corrected chi connectivity index (χ2v) is 6.13. The average molecular weight is 290 g/mol. The fraction of sp³-hybridized carbons (Fsp3) is 0.286. The molecule has 2 aromatic rings. The summed E-state index contributed by atoms with van der Waals surface area (Å²) in [6.07, 6.45) is 0. The van der Waals surface area contributed by atoms with Crippen LogP contribution in [0, 0.1) is 11.8 Å². The van der Waals surface area contributed by atoms with Gasteiger partial charge in [-0.3, -0.25) is 4.79 Å². The molecular formula is C21H22O. The third kappa shape index (κ3) is 4.09. The lowest BCUT2D eigenvalue weighted by Gasteiger charge is -2.04. The fourth-order valence-corrected chi connectivity index (χ4v) is 2.17. The molecule has 0 heterocycles. The first kappa shape index (κ1) is 16.0. The molecule has 0 bridgehead atoms. The minimum absolute atomic E-state index is 0.136. The van der Waals surface area contributed by atoms with Crippen LogP contribution >= 0.6 is 0 Å². The van der Waals surface area contributed by atoms with Gasteiger partial charge in [-0.05, 0) is 41.0 Å². The predicted molar refractivity (Wildman–Crippen MR) is 92.3 cm³/mol. The lowest BCUT2D eigenvalue weighted by Crippen LogP contribution is -1.96. The van der Waals surface area contributed by atoms with Gasteiger partial charge >= 0.3 is 0 Å². The summed E-state index contributed by atoms with van der Waals surface area (Å²) in [6, 6.07) is 15.8. The van der Waals surface area contributed by atoms with E-state index in [0.717, 1.165) is 5.56 Å². The minimum Gasteiger partial charge on any atom is -0.279 e. The Labute approximate surface area is 133 Å². The molecule has 0 saturated carbocycles. The van der Waals surface area contributed by atoms with Crippen LogP contribution in [-0.2, 0) is 0 Å². The summed E-state index contributed by atoms with van der Waals surface area (Å²) >= 11 is 0. The summed E-state index contributed by atoms with van der Waals surface area (Å²) in [5.41, 5.74) is 4.03. The van der Waals surface area contributed by atoms with E-state index in [9.17, 15) is 4.79 Å². The molecule has 2 aromatic carbocycles. The second kappa shape index (κ2) is 7.09. The third-order valence-corrected chi connectivity index (χ3v) is 3.74. The molecular weight excluding hydrogens is 268 g/mol. The van der Waals surface area contributed by atoms with Crippen LogP contribution in [0.1, 0.15) is 66.6 Å². The Morgan fingerprint density at radius 2 is 1.23 bits per heavy atom. The second-order valence-electron chi connectivity index (χ2n) is 6.13. The summed E-state index contributed by atoms with van der Waals surface area (Å²) in [4.78, 5) is 12.1.